The van der Waals surface area contributed by atoms with Crippen molar-refractivity contribution in [1.29, 1.82) is 0 Å². The minimum Gasteiger partial charge on any atom is -0.392 e. The van der Waals surface area contributed by atoms with Crippen molar-refractivity contribution in [3.05, 3.63) is 66.4 Å². The lowest BCUT2D eigenvalue weighted by Gasteiger charge is -2.06. The van der Waals surface area contributed by atoms with Crippen LogP contribution < -0.4 is 0 Å². The first-order valence-electron chi connectivity index (χ1n) is 5.65. The van der Waals surface area contributed by atoms with Gasteiger partial charge in [-0.2, -0.15) is 0 Å². The van der Waals surface area contributed by atoms with E-state index in [4.69, 9.17) is 0 Å². The molecule has 0 atom stereocenters. The molecule has 2 nitrogen and oxygen atoms in total. The molecule has 1 N–H and O–H groups in total. The van der Waals surface area contributed by atoms with E-state index in [2.05, 4.69) is 22.8 Å². The predicted octanol–water partition coefficient (Wildman–Crippen LogP) is 3.12. The third-order valence-electron chi connectivity index (χ3n) is 3.03. The van der Waals surface area contributed by atoms with Crippen LogP contribution in [0.25, 0.3) is 16.6 Å². The molecule has 3 aromatic rings. The molecule has 2 heteroatoms. The molecule has 2 aromatic carbocycles. The molecule has 0 aliphatic heterocycles. The number of fused-ring (bicyclic) bond motifs is 1. The highest BCUT2D eigenvalue weighted by atomic mass is 16.3. The normalized spacial score (nSPS) is 10.9. The highest BCUT2D eigenvalue weighted by Crippen LogP contribution is 2.23. The quantitative estimate of drug-likeness (QED) is 0.709. The third-order valence-corrected chi connectivity index (χ3v) is 3.03. The lowest BCUT2D eigenvalue weighted by Crippen LogP contribution is -1.91. The van der Waals surface area contributed by atoms with Gasteiger partial charge in [0.15, 0.2) is 0 Å². The first-order valence-corrected chi connectivity index (χ1v) is 5.65. The van der Waals surface area contributed by atoms with Gasteiger partial charge in [0.05, 0.1) is 12.1 Å². The number of aromatic nitrogens is 1. The van der Waals surface area contributed by atoms with Crippen molar-refractivity contribution in [2.45, 2.75) is 6.61 Å². The summed E-state index contributed by atoms with van der Waals surface area (Å²) in [7, 11) is 0. The molecule has 3 rings (SSSR count). The Balaban J connectivity index is 2.26. The van der Waals surface area contributed by atoms with Gasteiger partial charge in [-0.1, -0.05) is 30.3 Å². The zero-order valence-electron chi connectivity index (χ0n) is 9.38. The number of rotatable bonds is 2. The van der Waals surface area contributed by atoms with Crippen LogP contribution in [0, 0.1) is 0 Å². The lowest BCUT2D eigenvalue weighted by molar-refractivity contribution is 0.283. The summed E-state index contributed by atoms with van der Waals surface area (Å²) in [6.07, 6.45) is 2.04. The topological polar surface area (TPSA) is 25.2 Å². The van der Waals surface area contributed by atoms with Gasteiger partial charge >= 0.3 is 0 Å². The maximum absolute atomic E-state index is 9.31. The van der Waals surface area contributed by atoms with Gasteiger partial charge in [-0.25, -0.2) is 0 Å². The maximum atomic E-state index is 9.31. The van der Waals surface area contributed by atoms with Crippen molar-refractivity contribution >= 4 is 10.9 Å². The number of hydrogen-bond acceptors (Lipinski definition) is 1. The van der Waals surface area contributed by atoms with Crippen LogP contribution in [0.15, 0.2) is 60.8 Å². The van der Waals surface area contributed by atoms with E-state index < -0.39 is 0 Å². The van der Waals surface area contributed by atoms with Gasteiger partial charge in [-0.3, -0.25) is 0 Å². The molecule has 0 amide bonds. The second-order valence-corrected chi connectivity index (χ2v) is 4.03. The highest BCUT2D eigenvalue weighted by molar-refractivity contribution is 5.85. The molecule has 0 unspecified atom stereocenters. The Hall–Kier alpha value is -2.06. The fraction of sp³-hybridized carbons (Fsp3) is 0.0667. The average Bonchev–Trinajstić information content (AvgIpc) is 2.83. The summed E-state index contributed by atoms with van der Waals surface area (Å²) in [6, 6.07) is 18.3. The molecule has 0 aliphatic carbocycles. The Labute approximate surface area is 99.7 Å². The Bertz CT molecular complexity index is 640. The summed E-state index contributed by atoms with van der Waals surface area (Å²) in [5.41, 5.74) is 3.23. The van der Waals surface area contributed by atoms with Crippen molar-refractivity contribution < 1.29 is 5.11 Å². The molecule has 0 radical (unpaired) electrons. The Morgan fingerprint density at radius 3 is 2.47 bits per heavy atom. The van der Waals surface area contributed by atoms with Crippen molar-refractivity contribution in [3.63, 3.8) is 0 Å². The Morgan fingerprint density at radius 1 is 0.882 bits per heavy atom. The van der Waals surface area contributed by atoms with Gasteiger partial charge in [-0.05, 0) is 29.8 Å². The van der Waals surface area contributed by atoms with E-state index in [1.807, 2.05) is 42.6 Å². The monoisotopic (exact) mass is 223 g/mol. The summed E-state index contributed by atoms with van der Waals surface area (Å²) in [5, 5.41) is 10.4. The Kier molecular flexibility index (Phi) is 2.42. The van der Waals surface area contributed by atoms with Crippen molar-refractivity contribution in [3.8, 4) is 5.69 Å². The molecule has 0 spiro atoms. The number of hydrogen-bond donors (Lipinski definition) is 1. The first-order chi connectivity index (χ1) is 8.40. The highest BCUT2D eigenvalue weighted by Gasteiger charge is 2.05. The first kappa shape index (κ1) is 10.1. The van der Waals surface area contributed by atoms with E-state index in [1.165, 1.54) is 0 Å². The molecular weight excluding hydrogens is 210 g/mol. The molecule has 0 bridgehead atoms. The summed E-state index contributed by atoms with van der Waals surface area (Å²) >= 11 is 0. The molecule has 0 saturated heterocycles. The summed E-state index contributed by atoms with van der Waals surface area (Å²) < 4.78 is 2.13. The molecule has 84 valence electrons. The van der Waals surface area contributed by atoms with Crippen LogP contribution in [-0.4, -0.2) is 9.67 Å². The van der Waals surface area contributed by atoms with Crippen LogP contribution in [0.5, 0.6) is 0 Å². The molecule has 17 heavy (non-hydrogen) atoms. The summed E-state index contributed by atoms with van der Waals surface area (Å²) in [6.45, 7) is 0.0795. The zero-order chi connectivity index (χ0) is 11.7. The van der Waals surface area contributed by atoms with E-state index >= 15 is 0 Å². The van der Waals surface area contributed by atoms with Gasteiger partial charge in [0.25, 0.3) is 0 Å². The standard InChI is InChI=1S/C15H13NO/c17-11-12-5-4-8-15-14(12)9-10-16(15)13-6-2-1-3-7-13/h1-10,17H,11H2. The van der Waals surface area contributed by atoms with Gasteiger partial charge < -0.3 is 9.67 Å². The van der Waals surface area contributed by atoms with E-state index in [1.54, 1.807) is 0 Å². The van der Waals surface area contributed by atoms with Crippen molar-refractivity contribution in [2.24, 2.45) is 0 Å². The zero-order valence-corrected chi connectivity index (χ0v) is 9.38. The summed E-state index contributed by atoms with van der Waals surface area (Å²) in [5.74, 6) is 0. The number of aliphatic hydroxyl groups is 1. The molecule has 0 aliphatic rings. The van der Waals surface area contributed by atoms with E-state index in [0.717, 1.165) is 22.2 Å². The third kappa shape index (κ3) is 1.63. The number of para-hydroxylation sites is 1. The number of benzene rings is 2. The second kappa shape index (κ2) is 4.07. The van der Waals surface area contributed by atoms with Gasteiger partial charge in [0, 0.05) is 17.3 Å². The van der Waals surface area contributed by atoms with E-state index in [9.17, 15) is 5.11 Å². The molecule has 1 aromatic heterocycles. The maximum Gasteiger partial charge on any atom is 0.0688 e. The predicted molar refractivity (Wildman–Crippen MR) is 69.2 cm³/mol. The molecule has 1 heterocycles. The van der Waals surface area contributed by atoms with Gasteiger partial charge in [0.2, 0.25) is 0 Å². The van der Waals surface area contributed by atoms with Crippen LogP contribution in [0.2, 0.25) is 0 Å². The molecule has 0 saturated carbocycles. The fourth-order valence-corrected chi connectivity index (χ4v) is 2.18. The Morgan fingerprint density at radius 2 is 1.71 bits per heavy atom. The van der Waals surface area contributed by atoms with E-state index in [0.29, 0.717) is 0 Å². The second-order valence-electron chi connectivity index (χ2n) is 4.03. The van der Waals surface area contributed by atoms with Crippen LogP contribution in [0.3, 0.4) is 0 Å². The van der Waals surface area contributed by atoms with Crippen LogP contribution in [-0.2, 0) is 6.61 Å². The fourth-order valence-electron chi connectivity index (χ4n) is 2.18. The minimum absolute atomic E-state index is 0.0795. The van der Waals surface area contributed by atoms with Gasteiger partial charge in [-0.15, -0.1) is 0 Å². The lowest BCUT2D eigenvalue weighted by atomic mass is 10.1. The van der Waals surface area contributed by atoms with Gasteiger partial charge in [0.1, 0.15) is 0 Å². The minimum atomic E-state index is 0.0795. The van der Waals surface area contributed by atoms with Crippen molar-refractivity contribution in [2.75, 3.05) is 0 Å². The molecule has 0 fully saturated rings. The SMILES string of the molecule is OCc1cccc2c1ccn2-c1ccccc1. The largest absolute Gasteiger partial charge is 0.392 e. The smallest absolute Gasteiger partial charge is 0.0688 e. The van der Waals surface area contributed by atoms with Crippen molar-refractivity contribution in [1.82, 2.24) is 4.57 Å². The average molecular weight is 223 g/mol. The number of aliphatic hydroxyl groups excluding tert-OH is 1. The van der Waals surface area contributed by atoms with E-state index in [-0.39, 0.29) is 6.61 Å². The van der Waals surface area contributed by atoms with Crippen LogP contribution in [0.4, 0.5) is 0 Å². The molecular formula is C15H13NO. The summed E-state index contributed by atoms with van der Waals surface area (Å²) in [4.78, 5) is 0. The number of nitrogens with zero attached hydrogens (tertiary/aromatic N) is 1. The van der Waals surface area contributed by atoms with Crippen LogP contribution >= 0.6 is 0 Å². The van der Waals surface area contributed by atoms with Crippen LogP contribution in [0.1, 0.15) is 5.56 Å².